The molecule has 0 bridgehead atoms. The van der Waals surface area contributed by atoms with Crippen LogP contribution in [0.1, 0.15) is 31.9 Å². The van der Waals surface area contributed by atoms with Gasteiger partial charge in [-0.3, -0.25) is 4.79 Å². The number of hydrogen-bond acceptors (Lipinski definition) is 2. The van der Waals surface area contributed by atoms with Gasteiger partial charge in [0.15, 0.2) is 0 Å². The van der Waals surface area contributed by atoms with Crippen LogP contribution < -0.4 is 5.73 Å². The number of amides is 1. The molecule has 0 saturated carbocycles. The molecule has 0 aromatic heterocycles. The highest BCUT2D eigenvalue weighted by Crippen LogP contribution is 2.33. The van der Waals surface area contributed by atoms with E-state index in [4.69, 9.17) is 10.5 Å². The Hall–Kier alpha value is -1.35. The van der Waals surface area contributed by atoms with E-state index >= 15 is 0 Å². The largest absolute Gasteiger partial charge is 0.378 e. The van der Waals surface area contributed by atoms with E-state index in [9.17, 15) is 4.79 Å². The molecule has 0 spiro atoms. The summed E-state index contributed by atoms with van der Waals surface area (Å²) in [5.74, 6) is -0.299. The molecule has 1 heterocycles. The van der Waals surface area contributed by atoms with E-state index in [0.29, 0.717) is 13.2 Å². The van der Waals surface area contributed by atoms with Gasteiger partial charge in [-0.25, -0.2) is 0 Å². The van der Waals surface area contributed by atoms with Gasteiger partial charge in [0.05, 0.1) is 13.2 Å². The van der Waals surface area contributed by atoms with E-state index in [0.717, 1.165) is 5.56 Å². The van der Waals surface area contributed by atoms with Gasteiger partial charge in [0, 0.05) is 0 Å². The molecule has 3 nitrogen and oxygen atoms in total. The number of carbonyl (C=O) groups excluding carboxylic acids is 1. The second-order valence-corrected chi connectivity index (χ2v) is 5.77. The minimum absolute atomic E-state index is 0.120. The molecule has 1 fully saturated rings. The number of benzene rings is 1. The molecule has 0 unspecified atom stereocenters. The molecule has 17 heavy (non-hydrogen) atoms. The maximum atomic E-state index is 11.5. The molecule has 0 aliphatic carbocycles. The zero-order chi connectivity index (χ0) is 12.7. The van der Waals surface area contributed by atoms with Crippen LogP contribution in [0.3, 0.4) is 0 Å². The van der Waals surface area contributed by atoms with Gasteiger partial charge in [0.1, 0.15) is 5.41 Å². The van der Waals surface area contributed by atoms with E-state index in [1.54, 1.807) is 0 Å². The van der Waals surface area contributed by atoms with Crippen LogP contribution in [0.15, 0.2) is 24.3 Å². The third-order valence-corrected chi connectivity index (χ3v) is 3.47. The fourth-order valence-electron chi connectivity index (χ4n) is 2.05. The van der Waals surface area contributed by atoms with Gasteiger partial charge in [-0.15, -0.1) is 0 Å². The summed E-state index contributed by atoms with van der Waals surface area (Å²) in [7, 11) is 0. The van der Waals surface area contributed by atoms with Crippen molar-refractivity contribution >= 4 is 5.91 Å². The van der Waals surface area contributed by atoms with Crippen LogP contribution in [-0.2, 0) is 20.4 Å². The first-order valence-electron chi connectivity index (χ1n) is 5.85. The number of nitrogens with two attached hydrogens (primary N) is 1. The van der Waals surface area contributed by atoms with E-state index in [1.807, 2.05) is 12.1 Å². The average molecular weight is 233 g/mol. The van der Waals surface area contributed by atoms with E-state index < -0.39 is 5.41 Å². The van der Waals surface area contributed by atoms with Crippen LogP contribution in [0, 0.1) is 0 Å². The topological polar surface area (TPSA) is 52.3 Å². The fourth-order valence-corrected chi connectivity index (χ4v) is 2.05. The molecule has 2 N–H and O–H groups in total. The summed E-state index contributed by atoms with van der Waals surface area (Å²) in [5, 5.41) is 0. The number of ether oxygens (including phenoxy) is 1. The van der Waals surface area contributed by atoms with Crippen LogP contribution in [0.5, 0.6) is 0 Å². The highest BCUT2D eigenvalue weighted by Gasteiger charge is 2.46. The Labute approximate surface area is 102 Å². The molecule has 1 amide bonds. The molecule has 3 heteroatoms. The Balaban J connectivity index is 2.32. The maximum absolute atomic E-state index is 11.5. The first kappa shape index (κ1) is 12.1. The van der Waals surface area contributed by atoms with Crippen LogP contribution >= 0.6 is 0 Å². The summed E-state index contributed by atoms with van der Waals surface area (Å²) in [4.78, 5) is 11.5. The van der Waals surface area contributed by atoms with Crippen molar-refractivity contribution in [3.63, 3.8) is 0 Å². The van der Waals surface area contributed by atoms with Crippen molar-refractivity contribution in [3.8, 4) is 0 Å². The molecule has 0 radical (unpaired) electrons. The van der Waals surface area contributed by atoms with Gasteiger partial charge in [0.25, 0.3) is 0 Å². The van der Waals surface area contributed by atoms with Crippen molar-refractivity contribution in [2.75, 3.05) is 13.2 Å². The van der Waals surface area contributed by atoms with Gasteiger partial charge in [0.2, 0.25) is 5.91 Å². The molecular weight excluding hydrogens is 214 g/mol. The number of rotatable bonds is 2. The van der Waals surface area contributed by atoms with E-state index in [2.05, 4.69) is 32.9 Å². The standard InChI is InChI=1S/C14H19NO2/c1-13(2,3)10-4-6-11(7-5-10)14(12(15)16)8-17-9-14/h4-7H,8-9H2,1-3H3,(H2,15,16). The van der Waals surface area contributed by atoms with Gasteiger partial charge in [-0.1, -0.05) is 45.0 Å². The first-order chi connectivity index (χ1) is 7.86. The van der Waals surface area contributed by atoms with Gasteiger partial charge in [-0.05, 0) is 16.5 Å². The molecule has 1 aromatic rings. The third kappa shape index (κ3) is 1.95. The lowest BCUT2D eigenvalue weighted by atomic mass is 9.76. The van der Waals surface area contributed by atoms with Crippen molar-refractivity contribution in [3.05, 3.63) is 35.4 Å². The van der Waals surface area contributed by atoms with Crippen molar-refractivity contribution in [1.29, 1.82) is 0 Å². The molecular formula is C14H19NO2. The van der Waals surface area contributed by atoms with Crippen molar-refractivity contribution in [2.45, 2.75) is 31.6 Å². The zero-order valence-corrected chi connectivity index (χ0v) is 10.6. The monoisotopic (exact) mass is 233 g/mol. The van der Waals surface area contributed by atoms with Crippen molar-refractivity contribution in [2.24, 2.45) is 5.73 Å². The van der Waals surface area contributed by atoms with Crippen molar-refractivity contribution in [1.82, 2.24) is 0 Å². The van der Waals surface area contributed by atoms with Crippen LogP contribution in [0.25, 0.3) is 0 Å². The highest BCUT2D eigenvalue weighted by molar-refractivity contribution is 5.88. The number of carbonyl (C=O) groups is 1. The minimum Gasteiger partial charge on any atom is -0.378 e. The molecule has 0 atom stereocenters. The quantitative estimate of drug-likeness (QED) is 0.846. The third-order valence-electron chi connectivity index (χ3n) is 3.47. The molecule has 1 aromatic carbocycles. The first-order valence-corrected chi connectivity index (χ1v) is 5.85. The summed E-state index contributed by atoms with van der Waals surface area (Å²) in [6.07, 6.45) is 0. The zero-order valence-electron chi connectivity index (χ0n) is 10.6. The summed E-state index contributed by atoms with van der Waals surface area (Å²) >= 11 is 0. The minimum atomic E-state index is -0.601. The lowest BCUT2D eigenvalue weighted by Gasteiger charge is -2.39. The second kappa shape index (κ2) is 3.84. The molecule has 1 aliphatic rings. The predicted molar refractivity (Wildman–Crippen MR) is 66.8 cm³/mol. The Morgan fingerprint density at radius 1 is 1.24 bits per heavy atom. The van der Waals surface area contributed by atoms with Gasteiger partial charge >= 0.3 is 0 Å². The summed E-state index contributed by atoms with van der Waals surface area (Å²) in [6.45, 7) is 7.29. The fraction of sp³-hybridized carbons (Fsp3) is 0.500. The van der Waals surface area contributed by atoms with Crippen LogP contribution in [0.2, 0.25) is 0 Å². The normalized spacial score (nSPS) is 18.5. The number of hydrogen-bond donors (Lipinski definition) is 1. The summed E-state index contributed by atoms with van der Waals surface area (Å²) in [6, 6.07) is 8.12. The Morgan fingerprint density at radius 3 is 2.06 bits per heavy atom. The van der Waals surface area contributed by atoms with Gasteiger partial charge < -0.3 is 10.5 Å². The number of primary amides is 1. The molecule has 1 aliphatic heterocycles. The predicted octanol–water partition coefficient (Wildman–Crippen LogP) is 1.74. The Bertz CT molecular complexity index is 425. The highest BCUT2D eigenvalue weighted by atomic mass is 16.5. The summed E-state index contributed by atoms with van der Waals surface area (Å²) in [5.41, 5.74) is 7.20. The molecule has 2 rings (SSSR count). The maximum Gasteiger partial charge on any atom is 0.232 e. The average Bonchev–Trinajstić information content (AvgIpc) is 2.14. The SMILES string of the molecule is CC(C)(C)c1ccc(C2(C(N)=O)COC2)cc1. The summed E-state index contributed by atoms with van der Waals surface area (Å²) < 4.78 is 5.15. The van der Waals surface area contributed by atoms with Crippen LogP contribution in [-0.4, -0.2) is 19.1 Å². The van der Waals surface area contributed by atoms with Crippen molar-refractivity contribution < 1.29 is 9.53 Å². The lowest BCUT2D eigenvalue weighted by molar-refractivity contribution is -0.141. The van der Waals surface area contributed by atoms with E-state index in [-0.39, 0.29) is 11.3 Å². The Kier molecular flexibility index (Phi) is 2.74. The second-order valence-electron chi connectivity index (χ2n) is 5.77. The smallest absolute Gasteiger partial charge is 0.232 e. The van der Waals surface area contributed by atoms with Gasteiger partial charge in [-0.2, -0.15) is 0 Å². The Morgan fingerprint density at radius 2 is 1.76 bits per heavy atom. The lowest BCUT2D eigenvalue weighted by Crippen LogP contribution is -2.56. The van der Waals surface area contributed by atoms with Crippen LogP contribution in [0.4, 0.5) is 0 Å². The molecule has 92 valence electrons. The van der Waals surface area contributed by atoms with E-state index in [1.165, 1.54) is 5.56 Å². The molecule has 1 saturated heterocycles.